The van der Waals surface area contributed by atoms with E-state index in [1.165, 1.54) is 23.9 Å². The van der Waals surface area contributed by atoms with Crippen molar-refractivity contribution in [2.45, 2.75) is 56.6 Å². The highest BCUT2D eigenvalue weighted by Crippen LogP contribution is 2.43. The molecule has 8 heteroatoms. The molecule has 0 spiro atoms. The number of anilines is 1. The van der Waals surface area contributed by atoms with E-state index in [4.69, 9.17) is 5.10 Å². The van der Waals surface area contributed by atoms with E-state index in [0.717, 1.165) is 55.7 Å². The molecule has 2 N–H and O–H groups in total. The van der Waals surface area contributed by atoms with Crippen LogP contribution in [-0.2, 0) is 6.42 Å². The Kier molecular flexibility index (Phi) is 6.60. The van der Waals surface area contributed by atoms with Gasteiger partial charge in [0.15, 0.2) is 5.78 Å². The number of halogens is 1. The summed E-state index contributed by atoms with van der Waals surface area (Å²) >= 11 is 0. The SMILES string of the molecule is Cl.O=C(Cc1cc2cnn(C3CCNCC3)c2cc1C1CC1)c1cccc(N2CCC(O)C2)n1. The van der Waals surface area contributed by atoms with Crippen LogP contribution < -0.4 is 10.2 Å². The van der Waals surface area contributed by atoms with E-state index >= 15 is 0 Å². The maximum atomic E-state index is 13.3. The van der Waals surface area contributed by atoms with Gasteiger partial charge < -0.3 is 15.3 Å². The van der Waals surface area contributed by atoms with Crippen molar-refractivity contribution < 1.29 is 9.90 Å². The Labute approximate surface area is 206 Å². The zero-order chi connectivity index (χ0) is 22.4. The van der Waals surface area contributed by atoms with Crippen LogP contribution >= 0.6 is 12.4 Å². The summed E-state index contributed by atoms with van der Waals surface area (Å²) in [5, 5.41) is 19.1. The lowest BCUT2D eigenvalue weighted by Crippen LogP contribution is -2.29. The van der Waals surface area contributed by atoms with Gasteiger partial charge in [-0.25, -0.2) is 4.98 Å². The number of carbonyl (C=O) groups excluding carboxylic acids is 1. The summed E-state index contributed by atoms with van der Waals surface area (Å²) < 4.78 is 2.21. The highest BCUT2D eigenvalue weighted by Gasteiger charge is 2.29. The summed E-state index contributed by atoms with van der Waals surface area (Å²) in [6.45, 7) is 3.43. The first-order valence-corrected chi connectivity index (χ1v) is 12.3. The molecule has 2 aromatic heterocycles. The average molecular weight is 482 g/mol. The molecule has 3 fully saturated rings. The lowest BCUT2D eigenvalue weighted by atomic mass is 9.95. The summed E-state index contributed by atoms with van der Waals surface area (Å²) in [7, 11) is 0. The molecule has 180 valence electrons. The van der Waals surface area contributed by atoms with Gasteiger partial charge >= 0.3 is 0 Å². The minimum Gasteiger partial charge on any atom is -0.391 e. The van der Waals surface area contributed by atoms with E-state index in [0.29, 0.717) is 30.6 Å². The molecule has 1 aromatic carbocycles. The molecular formula is C26H32ClN5O2. The molecule has 2 aliphatic heterocycles. The third-order valence-corrected chi connectivity index (χ3v) is 7.39. The normalized spacial score (nSPS) is 21.1. The monoisotopic (exact) mass is 481 g/mol. The van der Waals surface area contributed by atoms with Crippen LogP contribution in [0.3, 0.4) is 0 Å². The standard InChI is InChI=1S/C26H31N5O2.ClH/c32-21-8-11-30(16-21)26-3-1-2-23(29-26)25(33)13-18-12-19-15-28-31(20-6-9-27-10-7-20)24(19)14-22(18)17-4-5-17;/h1-3,12,14-15,17,20-21,27,32H,4-11,13,16H2;1H. The molecule has 4 heterocycles. The van der Waals surface area contributed by atoms with Crippen LogP contribution in [0, 0.1) is 0 Å². The van der Waals surface area contributed by atoms with E-state index in [-0.39, 0.29) is 24.3 Å². The van der Waals surface area contributed by atoms with Gasteiger partial charge in [-0.05, 0) is 86.5 Å². The average Bonchev–Trinajstić information content (AvgIpc) is 3.47. The minimum absolute atomic E-state index is 0. The molecule has 3 aliphatic rings. The third-order valence-electron chi connectivity index (χ3n) is 7.39. The second kappa shape index (κ2) is 9.64. The quantitative estimate of drug-likeness (QED) is 0.523. The lowest BCUT2D eigenvalue weighted by molar-refractivity contribution is 0.0988. The Balaban J connectivity index is 0.00000241. The van der Waals surface area contributed by atoms with Gasteiger partial charge in [0.05, 0.1) is 23.9 Å². The Morgan fingerprint density at radius 3 is 2.68 bits per heavy atom. The summed E-state index contributed by atoms with van der Waals surface area (Å²) in [6, 6.07) is 10.6. The van der Waals surface area contributed by atoms with Crippen LogP contribution in [0.15, 0.2) is 36.5 Å². The summed E-state index contributed by atoms with van der Waals surface area (Å²) in [4.78, 5) is 20.0. The Hall–Kier alpha value is -2.48. The van der Waals surface area contributed by atoms with Gasteiger partial charge in [0.1, 0.15) is 11.5 Å². The second-order valence-electron chi connectivity index (χ2n) is 9.82. The van der Waals surface area contributed by atoms with Crippen LogP contribution in [0.5, 0.6) is 0 Å². The number of aliphatic hydroxyl groups excluding tert-OH is 1. The number of ketones is 1. The fourth-order valence-corrected chi connectivity index (χ4v) is 5.39. The van der Waals surface area contributed by atoms with Gasteiger partial charge in [-0.15, -0.1) is 12.4 Å². The van der Waals surface area contributed by atoms with Crippen molar-refractivity contribution in [2.24, 2.45) is 0 Å². The number of β-amino-alcohol motifs (C(OH)–C–C–N with tert-alkyl or cyclic N) is 1. The van der Waals surface area contributed by atoms with Gasteiger partial charge in [0, 0.05) is 24.9 Å². The van der Waals surface area contributed by atoms with E-state index in [1.54, 1.807) is 0 Å². The number of piperidine rings is 1. The second-order valence-corrected chi connectivity index (χ2v) is 9.82. The number of rotatable bonds is 6. The van der Waals surface area contributed by atoms with Crippen molar-refractivity contribution in [1.82, 2.24) is 20.1 Å². The zero-order valence-corrected chi connectivity index (χ0v) is 20.1. The predicted molar refractivity (Wildman–Crippen MR) is 135 cm³/mol. The highest BCUT2D eigenvalue weighted by atomic mass is 35.5. The minimum atomic E-state index is -0.315. The number of pyridine rings is 1. The van der Waals surface area contributed by atoms with E-state index in [9.17, 15) is 9.90 Å². The molecule has 0 bridgehead atoms. The zero-order valence-electron chi connectivity index (χ0n) is 19.3. The topological polar surface area (TPSA) is 83.3 Å². The van der Waals surface area contributed by atoms with Crippen molar-refractivity contribution >= 4 is 34.9 Å². The van der Waals surface area contributed by atoms with Crippen molar-refractivity contribution in [3.8, 4) is 0 Å². The number of hydrogen-bond acceptors (Lipinski definition) is 6. The molecule has 1 saturated carbocycles. The molecule has 2 saturated heterocycles. The fourth-order valence-electron chi connectivity index (χ4n) is 5.39. The predicted octanol–water partition coefficient (Wildman–Crippen LogP) is 3.65. The molecule has 0 amide bonds. The number of nitrogens with zero attached hydrogens (tertiary/aromatic N) is 4. The van der Waals surface area contributed by atoms with E-state index < -0.39 is 0 Å². The van der Waals surface area contributed by atoms with Gasteiger partial charge in [0.2, 0.25) is 0 Å². The Morgan fingerprint density at radius 2 is 1.94 bits per heavy atom. The number of Topliss-reactive ketones (excluding diaryl/α,β-unsaturated/α-hetero) is 1. The van der Waals surface area contributed by atoms with Gasteiger partial charge in [0.25, 0.3) is 0 Å². The number of hydrogen-bond donors (Lipinski definition) is 2. The Morgan fingerprint density at radius 1 is 1.12 bits per heavy atom. The highest BCUT2D eigenvalue weighted by molar-refractivity contribution is 5.97. The van der Waals surface area contributed by atoms with Crippen molar-refractivity contribution in [3.63, 3.8) is 0 Å². The van der Waals surface area contributed by atoms with Crippen LogP contribution in [0.25, 0.3) is 10.9 Å². The maximum Gasteiger partial charge on any atom is 0.185 e. The molecule has 1 atom stereocenters. The molecule has 34 heavy (non-hydrogen) atoms. The van der Waals surface area contributed by atoms with Crippen LogP contribution in [0.1, 0.15) is 65.7 Å². The fraction of sp³-hybridized carbons (Fsp3) is 0.500. The molecule has 1 unspecified atom stereocenters. The third kappa shape index (κ3) is 4.57. The van der Waals surface area contributed by atoms with Crippen molar-refractivity contribution in [1.29, 1.82) is 0 Å². The van der Waals surface area contributed by atoms with E-state index in [1.807, 2.05) is 24.4 Å². The van der Waals surface area contributed by atoms with Crippen LogP contribution in [-0.4, -0.2) is 57.9 Å². The molecule has 1 aliphatic carbocycles. The number of fused-ring (bicyclic) bond motifs is 1. The maximum absolute atomic E-state index is 13.3. The van der Waals surface area contributed by atoms with Crippen LogP contribution in [0.4, 0.5) is 5.82 Å². The largest absolute Gasteiger partial charge is 0.391 e. The summed E-state index contributed by atoms with van der Waals surface area (Å²) in [5.74, 6) is 1.38. The molecule has 3 aromatic rings. The van der Waals surface area contributed by atoms with Crippen LogP contribution in [0.2, 0.25) is 0 Å². The van der Waals surface area contributed by atoms with Gasteiger partial charge in [-0.2, -0.15) is 5.10 Å². The smallest absolute Gasteiger partial charge is 0.185 e. The number of carbonyl (C=O) groups is 1. The molecule has 6 rings (SSSR count). The first-order chi connectivity index (χ1) is 16.2. The number of aliphatic hydroxyl groups is 1. The van der Waals surface area contributed by atoms with E-state index in [2.05, 4.69) is 32.0 Å². The number of nitrogens with one attached hydrogen (secondary N) is 1. The summed E-state index contributed by atoms with van der Waals surface area (Å²) in [6.07, 6.45) is 7.34. The first kappa shape index (κ1) is 23.3. The number of benzene rings is 1. The van der Waals surface area contributed by atoms with Gasteiger partial charge in [-0.3, -0.25) is 9.48 Å². The number of aromatic nitrogens is 3. The molecule has 7 nitrogen and oxygen atoms in total. The van der Waals surface area contributed by atoms with Gasteiger partial charge in [-0.1, -0.05) is 6.07 Å². The Bertz CT molecular complexity index is 1190. The lowest BCUT2D eigenvalue weighted by Gasteiger charge is -2.24. The first-order valence-electron chi connectivity index (χ1n) is 12.3. The molecule has 0 radical (unpaired) electrons. The van der Waals surface area contributed by atoms with Crippen molar-refractivity contribution in [3.05, 3.63) is 53.3 Å². The molecular weight excluding hydrogens is 450 g/mol. The summed E-state index contributed by atoms with van der Waals surface area (Å²) in [5.41, 5.74) is 4.13. The van der Waals surface area contributed by atoms with Crippen molar-refractivity contribution in [2.75, 3.05) is 31.1 Å².